The maximum atomic E-state index is 2.68. The zero-order valence-electron chi connectivity index (χ0n) is 11.7. The summed E-state index contributed by atoms with van der Waals surface area (Å²) in [5.74, 6) is 0.885. The van der Waals surface area contributed by atoms with Gasteiger partial charge in [0.25, 0.3) is 0 Å². The van der Waals surface area contributed by atoms with E-state index >= 15 is 0 Å². The molecule has 3 atom stereocenters. The predicted octanol–water partition coefficient (Wildman–Crippen LogP) is 3.84. The molecule has 1 saturated heterocycles. The fraction of sp³-hybridized carbons (Fsp3) is 0.647. The fourth-order valence-corrected chi connectivity index (χ4v) is 4.51. The lowest BCUT2D eigenvalue weighted by Crippen LogP contribution is -2.51. The molecule has 1 aromatic rings. The van der Waals surface area contributed by atoms with Crippen LogP contribution in [0.5, 0.6) is 0 Å². The summed E-state index contributed by atoms with van der Waals surface area (Å²) >= 11 is 0. The van der Waals surface area contributed by atoms with Crippen molar-refractivity contribution in [3.8, 4) is 0 Å². The molecule has 98 valence electrons. The maximum absolute atomic E-state index is 2.68. The third kappa shape index (κ3) is 1.80. The predicted molar refractivity (Wildman–Crippen MR) is 76.8 cm³/mol. The van der Waals surface area contributed by atoms with E-state index in [-0.39, 0.29) is 0 Å². The second kappa shape index (κ2) is 4.70. The van der Waals surface area contributed by atoms with E-state index in [1.807, 2.05) is 0 Å². The third-order valence-electron chi connectivity index (χ3n) is 5.45. The number of piperidine rings is 1. The van der Waals surface area contributed by atoms with Crippen molar-refractivity contribution in [3.63, 3.8) is 0 Å². The highest BCUT2D eigenvalue weighted by atomic mass is 15.2. The quantitative estimate of drug-likeness (QED) is 0.763. The molecule has 0 amide bonds. The van der Waals surface area contributed by atoms with E-state index in [0.29, 0.717) is 5.41 Å². The zero-order chi connectivity index (χ0) is 12.6. The van der Waals surface area contributed by atoms with Gasteiger partial charge in [0.05, 0.1) is 0 Å². The molecule has 18 heavy (non-hydrogen) atoms. The van der Waals surface area contributed by atoms with Crippen molar-refractivity contribution in [1.29, 1.82) is 0 Å². The van der Waals surface area contributed by atoms with Crippen molar-refractivity contribution in [2.45, 2.75) is 51.0 Å². The van der Waals surface area contributed by atoms with Gasteiger partial charge in [-0.3, -0.25) is 0 Å². The fourth-order valence-electron chi connectivity index (χ4n) is 4.51. The van der Waals surface area contributed by atoms with Crippen molar-refractivity contribution in [2.75, 3.05) is 13.1 Å². The minimum absolute atomic E-state index is 0.492. The van der Waals surface area contributed by atoms with Crippen LogP contribution in [0.25, 0.3) is 0 Å². The molecule has 2 aliphatic rings. The normalized spacial score (nSPS) is 36.6. The lowest BCUT2D eigenvalue weighted by Gasteiger charge is -2.48. The number of benzene rings is 1. The summed E-state index contributed by atoms with van der Waals surface area (Å²) in [5, 5.41) is 0. The van der Waals surface area contributed by atoms with Crippen molar-refractivity contribution in [3.05, 3.63) is 35.9 Å². The first-order valence-corrected chi connectivity index (χ1v) is 7.56. The first-order chi connectivity index (χ1) is 8.76. The smallest absolute Gasteiger partial charge is 0.00755 e. The van der Waals surface area contributed by atoms with E-state index in [4.69, 9.17) is 0 Å². The van der Waals surface area contributed by atoms with Gasteiger partial charge in [0.15, 0.2) is 0 Å². The summed E-state index contributed by atoms with van der Waals surface area (Å²) in [6, 6.07) is 12.1. The van der Waals surface area contributed by atoms with Gasteiger partial charge < -0.3 is 4.90 Å². The molecule has 1 aliphatic heterocycles. The SMILES string of the molecule is CCN1CC2CCCC2(c2ccccc2)CC1C. The monoisotopic (exact) mass is 243 g/mol. The van der Waals surface area contributed by atoms with Crippen molar-refractivity contribution < 1.29 is 0 Å². The highest BCUT2D eigenvalue weighted by Gasteiger charge is 2.48. The molecule has 0 N–H and O–H groups in total. The lowest BCUT2D eigenvalue weighted by molar-refractivity contribution is 0.0679. The Morgan fingerprint density at radius 2 is 2.06 bits per heavy atom. The average Bonchev–Trinajstić information content (AvgIpc) is 2.82. The Morgan fingerprint density at radius 3 is 2.78 bits per heavy atom. The van der Waals surface area contributed by atoms with Gasteiger partial charge in [-0.05, 0) is 44.2 Å². The Bertz CT molecular complexity index is 399. The minimum atomic E-state index is 0.492. The van der Waals surface area contributed by atoms with Gasteiger partial charge in [0, 0.05) is 18.0 Å². The number of likely N-dealkylation sites (tertiary alicyclic amines) is 1. The van der Waals surface area contributed by atoms with E-state index < -0.39 is 0 Å². The summed E-state index contributed by atoms with van der Waals surface area (Å²) in [4.78, 5) is 2.68. The molecule has 0 aromatic heterocycles. The summed E-state index contributed by atoms with van der Waals surface area (Å²) in [7, 11) is 0. The molecule has 0 bridgehead atoms. The van der Waals surface area contributed by atoms with Crippen LogP contribution in [0.3, 0.4) is 0 Å². The Morgan fingerprint density at radius 1 is 1.28 bits per heavy atom. The zero-order valence-corrected chi connectivity index (χ0v) is 11.7. The largest absolute Gasteiger partial charge is 0.301 e. The summed E-state index contributed by atoms with van der Waals surface area (Å²) < 4.78 is 0. The lowest BCUT2D eigenvalue weighted by atomic mass is 9.66. The van der Waals surface area contributed by atoms with Crippen molar-refractivity contribution >= 4 is 0 Å². The van der Waals surface area contributed by atoms with Gasteiger partial charge in [-0.15, -0.1) is 0 Å². The van der Waals surface area contributed by atoms with E-state index in [1.165, 1.54) is 38.8 Å². The van der Waals surface area contributed by atoms with Crippen LogP contribution in [-0.4, -0.2) is 24.0 Å². The molecule has 0 radical (unpaired) electrons. The van der Waals surface area contributed by atoms with Gasteiger partial charge in [0.2, 0.25) is 0 Å². The minimum Gasteiger partial charge on any atom is -0.301 e. The number of fused-ring (bicyclic) bond motifs is 1. The standard InChI is InChI=1S/C17H25N/c1-3-18-13-16-10-7-11-17(16,12-14(18)2)15-8-5-4-6-9-15/h4-6,8-9,14,16H,3,7,10-13H2,1-2H3. The molecule has 0 spiro atoms. The summed E-state index contributed by atoms with van der Waals surface area (Å²) in [6.07, 6.45) is 5.61. The average molecular weight is 243 g/mol. The summed E-state index contributed by atoms with van der Waals surface area (Å²) in [6.45, 7) is 7.25. The first-order valence-electron chi connectivity index (χ1n) is 7.56. The Hall–Kier alpha value is -0.820. The van der Waals surface area contributed by atoms with Crippen LogP contribution in [0, 0.1) is 5.92 Å². The molecular weight excluding hydrogens is 218 g/mol. The van der Waals surface area contributed by atoms with E-state index in [9.17, 15) is 0 Å². The Balaban J connectivity index is 1.95. The van der Waals surface area contributed by atoms with Crippen molar-refractivity contribution in [2.24, 2.45) is 5.92 Å². The van der Waals surface area contributed by atoms with Crippen LogP contribution in [0.15, 0.2) is 30.3 Å². The number of nitrogens with zero attached hydrogens (tertiary/aromatic N) is 1. The third-order valence-corrected chi connectivity index (χ3v) is 5.45. The van der Waals surface area contributed by atoms with Crippen LogP contribution in [0.1, 0.15) is 45.1 Å². The maximum Gasteiger partial charge on any atom is 0.00755 e. The number of hydrogen-bond donors (Lipinski definition) is 0. The molecule has 1 heteroatoms. The molecule has 1 nitrogen and oxygen atoms in total. The molecule has 1 aromatic carbocycles. The van der Waals surface area contributed by atoms with Crippen LogP contribution in [-0.2, 0) is 5.41 Å². The van der Waals surface area contributed by atoms with Gasteiger partial charge in [0.1, 0.15) is 0 Å². The van der Waals surface area contributed by atoms with Crippen LogP contribution < -0.4 is 0 Å². The van der Waals surface area contributed by atoms with E-state index in [1.54, 1.807) is 5.56 Å². The van der Waals surface area contributed by atoms with Gasteiger partial charge in [-0.1, -0.05) is 43.7 Å². The molecular formula is C17H25N. The molecule has 1 saturated carbocycles. The van der Waals surface area contributed by atoms with Gasteiger partial charge in [-0.25, -0.2) is 0 Å². The first kappa shape index (κ1) is 12.2. The highest BCUT2D eigenvalue weighted by molar-refractivity contribution is 5.29. The second-order valence-electron chi connectivity index (χ2n) is 6.25. The van der Waals surface area contributed by atoms with Gasteiger partial charge in [-0.2, -0.15) is 0 Å². The molecule has 1 aliphatic carbocycles. The molecule has 3 rings (SSSR count). The number of rotatable bonds is 2. The molecule has 2 fully saturated rings. The second-order valence-corrected chi connectivity index (χ2v) is 6.25. The van der Waals surface area contributed by atoms with E-state index in [2.05, 4.69) is 49.1 Å². The Labute approximate surface area is 111 Å². The van der Waals surface area contributed by atoms with Crippen molar-refractivity contribution in [1.82, 2.24) is 4.90 Å². The van der Waals surface area contributed by atoms with Crippen LogP contribution in [0.2, 0.25) is 0 Å². The molecule has 1 heterocycles. The van der Waals surface area contributed by atoms with Crippen LogP contribution in [0.4, 0.5) is 0 Å². The van der Waals surface area contributed by atoms with Gasteiger partial charge >= 0.3 is 0 Å². The number of hydrogen-bond acceptors (Lipinski definition) is 1. The molecule has 3 unspecified atom stereocenters. The summed E-state index contributed by atoms with van der Waals surface area (Å²) in [5.41, 5.74) is 2.10. The Kier molecular flexibility index (Phi) is 3.19. The highest BCUT2D eigenvalue weighted by Crippen LogP contribution is 2.52. The van der Waals surface area contributed by atoms with Crippen LogP contribution >= 0.6 is 0 Å². The topological polar surface area (TPSA) is 3.24 Å². The van der Waals surface area contributed by atoms with E-state index in [0.717, 1.165) is 12.0 Å².